The molecule has 0 aromatic heterocycles. The van der Waals surface area contributed by atoms with Crippen molar-refractivity contribution in [3.05, 3.63) is 35.4 Å². The second-order valence-electron chi connectivity index (χ2n) is 4.06. The molecule has 2 N–H and O–H groups in total. The van der Waals surface area contributed by atoms with Crippen LogP contribution in [0.1, 0.15) is 24.0 Å². The average Bonchev–Trinajstić information content (AvgIpc) is 2.27. The van der Waals surface area contributed by atoms with Crippen LogP contribution < -0.4 is 4.72 Å². The lowest BCUT2D eigenvalue weighted by Crippen LogP contribution is -2.26. The van der Waals surface area contributed by atoms with Gasteiger partial charge in [0, 0.05) is 13.2 Å². The summed E-state index contributed by atoms with van der Waals surface area (Å²) in [5, 5.41) is 8.59. The molecule has 0 spiro atoms. The van der Waals surface area contributed by atoms with Crippen molar-refractivity contribution in [3.63, 3.8) is 0 Å². The summed E-state index contributed by atoms with van der Waals surface area (Å²) in [6, 6.07) is 7.73. The number of sulfonamides is 1. The molecule has 0 fully saturated rings. The number of hydrogen-bond acceptors (Lipinski definition) is 3. The normalized spacial score (nSPS) is 11.6. The molecule has 0 atom stereocenters. The largest absolute Gasteiger partial charge is 0.396 e. The molecule has 0 aliphatic carbocycles. The number of nitrogens with one attached hydrogen (secondary N) is 1. The highest BCUT2D eigenvalue weighted by Gasteiger charge is 2.09. The molecule has 96 valence electrons. The summed E-state index contributed by atoms with van der Waals surface area (Å²) < 4.78 is 25.7. The first kappa shape index (κ1) is 14.2. The molecule has 1 aromatic carbocycles. The molecular formula is C12H19NO3S. The van der Waals surface area contributed by atoms with Gasteiger partial charge in [-0.2, -0.15) is 0 Å². The Morgan fingerprint density at radius 2 is 2.06 bits per heavy atom. The molecule has 0 aliphatic heterocycles. The molecule has 0 radical (unpaired) electrons. The average molecular weight is 257 g/mol. The summed E-state index contributed by atoms with van der Waals surface area (Å²) in [4.78, 5) is 0. The van der Waals surface area contributed by atoms with Crippen LogP contribution in [0, 0.1) is 6.92 Å². The molecule has 0 amide bonds. The van der Waals surface area contributed by atoms with E-state index in [4.69, 9.17) is 5.11 Å². The second-order valence-corrected chi connectivity index (χ2v) is 5.99. The fourth-order valence-electron chi connectivity index (χ4n) is 1.49. The van der Waals surface area contributed by atoms with Gasteiger partial charge >= 0.3 is 0 Å². The third kappa shape index (κ3) is 5.81. The molecule has 0 bridgehead atoms. The third-order valence-electron chi connectivity index (χ3n) is 2.40. The van der Waals surface area contributed by atoms with Crippen molar-refractivity contribution >= 4 is 10.0 Å². The van der Waals surface area contributed by atoms with Gasteiger partial charge in [0.05, 0.1) is 5.75 Å². The summed E-state index contributed by atoms with van der Waals surface area (Å²) in [5.41, 5.74) is 2.07. The summed E-state index contributed by atoms with van der Waals surface area (Å²) in [6.07, 6.45) is 1.00. The molecule has 0 aliphatic rings. The Bertz CT molecular complexity index is 443. The Morgan fingerprint density at radius 1 is 1.29 bits per heavy atom. The minimum atomic E-state index is -3.23. The number of rotatable bonds is 7. The molecular weight excluding hydrogens is 238 g/mol. The molecule has 5 heteroatoms. The molecule has 17 heavy (non-hydrogen) atoms. The van der Waals surface area contributed by atoms with E-state index in [-0.39, 0.29) is 12.4 Å². The predicted molar refractivity (Wildman–Crippen MR) is 68.1 cm³/mol. The Hall–Kier alpha value is -0.910. The van der Waals surface area contributed by atoms with Crippen molar-refractivity contribution in [3.8, 4) is 0 Å². The van der Waals surface area contributed by atoms with Crippen molar-refractivity contribution in [2.75, 3.05) is 12.4 Å². The molecule has 0 heterocycles. The Balaban J connectivity index is 2.44. The van der Waals surface area contributed by atoms with Gasteiger partial charge in [-0.15, -0.1) is 0 Å². The standard InChI is InChI=1S/C12H19NO3S/c1-11-5-4-6-12(9-11)10-13-17(15,16)8-3-2-7-14/h4-6,9,13-14H,2-3,7-8,10H2,1H3. The first-order valence-electron chi connectivity index (χ1n) is 5.67. The molecule has 1 rings (SSSR count). The number of unbranched alkanes of at least 4 members (excludes halogenated alkanes) is 1. The molecule has 1 aromatic rings. The number of aliphatic hydroxyl groups is 1. The van der Waals surface area contributed by atoms with Crippen molar-refractivity contribution in [1.82, 2.24) is 4.72 Å². The lowest BCUT2D eigenvalue weighted by molar-refractivity contribution is 0.287. The van der Waals surface area contributed by atoms with Gasteiger partial charge < -0.3 is 5.11 Å². The van der Waals surface area contributed by atoms with Crippen LogP contribution in [-0.4, -0.2) is 25.9 Å². The van der Waals surface area contributed by atoms with E-state index >= 15 is 0 Å². The molecule has 4 nitrogen and oxygen atoms in total. The van der Waals surface area contributed by atoms with Crippen LogP contribution >= 0.6 is 0 Å². The van der Waals surface area contributed by atoms with Crippen LogP contribution in [0.4, 0.5) is 0 Å². The molecule has 0 saturated carbocycles. The Morgan fingerprint density at radius 3 is 2.71 bits per heavy atom. The quantitative estimate of drug-likeness (QED) is 0.721. The minimum Gasteiger partial charge on any atom is -0.396 e. The van der Waals surface area contributed by atoms with Gasteiger partial charge in [-0.05, 0) is 25.3 Å². The van der Waals surface area contributed by atoms with Crippen molar-refractivity contribution in [2.45, 2.75) is 26.3 Å². The van der Waals surface area contributed by atoms with E-state index in [2.05, 4.69) is 4.72 Å². The maximum absolute atomic E-state index is 11.6. The first-order valence-corrected chi connectivity index (χ1v) is 7.32. The predicted octanol–water partition coefficient (Wildman–Crippen LogP) is 1.19. The van der Waals surface area contributed by atoms with E-state index < -0.39 is 10.0 Å². The van der Waals surface area contributed by atoms with Crippen molar-refractivity contribution < 1.29 is 13.5 Å². The fourth-order valence-corrected chi connectivity index (χ4v) is 2.61. The number of benzene rings is 1. The Labute approximate surface area is 103 Å². The van der Waals surface area contributed by atoms with E-state index in [0.29, 0.717) is 19.4 Å². The van der Waals surface area contributed by atoms with Gasteiger partial charge in [-0.1, -0.05) is 29.8 Å². The summed E-state index contributed by atoms with van der Waals surface area (Å²) >= 11 is 0. The van der Waals surface area contributed by atoms with Gasteiger partial charge in [0.1, 0.15) is 0 Å². The lowest BCUT2D eigenvalue weighted by atomic mass is 10.1. The van der Waals surface area contributed by atoms with Gasteiger partial charge in [0.15, 0.2) is 0 Å². The fraction of sp³-hybridized carbons (Fsp3) is 0.500. The molecule has 0 saturated heterocycles. The van der Waals surface area contributed by atoms with E-state index in [1.54, 1.807) is 0 Å². The summed E-state index contributed by atoms with van der Waals surface area (Å²) in [6.45, 7) is 2.33. The highest BCUT2D eigenvalue weighted by atomic mass is 32.2. The zero-order valence-corrected chi connectivity index (χ0v) is 10.8. The molecule has 0 unspecified atom stereocenters. The summed E-state index contributed by atoms with van der Waals surface area (Å²) in [7, 11) is -3.23. The monoisotopic (exact) mass is 257 g/mol. The number of aliphatic hydroxyl groups excluding tert-OH is 1. The zero-order chi connectivity index (χ0) is 12.7. The summed E-state index contributed by atoms with van der Waals surface area (Å²) in [5.74, 6) is 0.0688. The van der Waals surface area contributed by atoms with Gasteiger partial charge in [0.25, 0.3) is 0 Å². The topological polar surface area (TPSA) is 66.4 Å². The lowest BCUT2D eigenvalue weighted by Gasteiger charge is -2.06. The highest BCUT2D eigenvalue weighted by Crippen LogP contribution is 2.04. The van der Waals surface area contributed by atoms with Crippen LogP contribution in [0.15, 0.2) is 24.3 Å². The zero-order valence-electron chi connectivity index (χ0n) is 10.0. The van der Waals surface area contributed by atoms with E-state index in [1.807, 2.05) is 31.2 Å². The first-order chi connectivity index (χ1) is 8.03. The minimum absolute atomic E-state index is 0.0351. The van der Waals surface area contributed by atoms with Gasteiger partial charge in [-0.3, -0.25) is 0 Å². The second kappa shape index (κ2) is 6.74. The Kier molecular flexibility index (Phi) is 5.61. The van der Waals surface area contributed by atoms with Crippen LogP contribution in [-0.2, 0) is 16.6 Å². The maximum Gasteiger partial charge on any atom is 0.211 e. The maximum atomic E-state index is 11.6. The highest BCUT2D eigenvalue weighted by molar-refractivity contribution is 7.89. The van der Waals surface area contributed by atoms with Crippen LogP contribution in [0.2, 0.25) is 0 Å². The van der Waals surface area contributed by atoms with Crippen LogP contribution in [0.3, 0.4) is 0 Å². The van der Waals surface area contributed by atoms with Crippen molar-refractivity contribution in [1.29, 1.82) is 0 Å². The van der Waals surface area contributed by atoms with E-state index in [0.717, 1.165) is 11.1 Å². The van der Waals surface area contributed by atoms with Crippen LogP contribution in [0.5, 0.6) is 0 Å². The number of aryl methyl sites for hydroxylation is 1. The SMILES string of the molecule is Cc1cccc(CNS(=O)(=O)CCCCO)c1. The van der Waals surface area contributed by atoms with Gasteiger partial charge in [0.2, 0.25) is 10.0 Å². The number of hydrogen-bond donors (Lipinski definition) is 2. The van der Waals surface area contributed by atoms with E-state index in [9.17, 15) is 8.42 Å². The smallest absolute Gasteiger partial charge is 0.211 e. The van der Waals surface area contributed by atoms with Crippen molar-refractivity contribution in [2.24, 2.45) is 0 Å². The van der Waals surface area contributed by atoms with Crippen LogP contribution in [0.25, 0.3) is 0 Å². The third-order valence-corrected chi connectivity index (χ3v) is 3.81. The van der Waals surface area contributed by atoms with Gasteiger partial charge in [-0.25, -0.2) is 13.1 Å². The van der Waals surface area contributed by atoms with E-state index in [1.165, 1.54) is 0 Å².